The van der Waals surface area contributed by atoms with Gasteiger partial charge in [-0.05, 0) is 24.7 Å². The SMILES string of the molecule is CC(=O)C(C(=O)O)C(C)(C)C.CC(=O)C(C(=O)O)C(C)(C)C.O=C1C=C(N2CC2)C(=O)C(N2CC2)=C1N1CC1. The molecule has 1 aliphatic carbocycles. The molecule has 4 rings (SSSR count). The number of aliphatic carboxylic acids is 2. The summed E-state index contributed by atoms with van der Waals surface area (Å²) in [6.07, 6.45) is 1.52. The Balaban J connectivity index is 0.000000216. The molecule has 0 saturated carbocycles. The Morgan fingerprint density at radius 2 is 1.00 bits per heavy atom. The molecule has 0 radical (unpaired) electrons. The molecule has 4 aliphatic rings. The zero-order chi connectivity index (χ0) is 30.0. The standard InChI is InChI=1S/C12H13N3O2.2C8H14O3/c16-9-7-8(13-1-2-13)12(17)11(15-5-6-15)10(9)14-3-4-14;2*1-5(9)6(7(10)11)8(2,3)4/h7H,1-6H2;2*6H,1-4H3,(H,10,11). The minimum atomic E-state index is -1.04. The third kappa shape index (κ3) is 8.49. The van der Waals surface area contributed by atoms with E-state index in [1.807, 2.05) is 14.7 Å². The minimum Gasteiger partial charge on any atom is -0.481 e. The lowest BCUT2D eigenvalue weighted by molar-refractivity contribution is -0.151. The van der Waals surface area contributed by atoms with Gasteiger partial charge < -0.3 is 24.9 Å². The number of carbonyl (C=O) groups excluding carboxylic acids is 4. The average molecular weight is 548 g/mol. The normalized spacial score (nSPS) is 19.6. The van der Waals surface area contributed by atoms with Crippen molar-refractivity contribution in [2.24, 2.45) is 22.7 Å². The molecule has 11 heteroatoms. The number of hydrogen-bond donors (Lipinski definition) is 2. The summed E-state index contributed by atoms with van der Waals surface area (Å²) in [5, 5.41) is 17.3. The van der Waals surface area contributed by atoms with Crippen molar-refractivity contribution in [3.8, 4) is 0 Å². The summed E-state index contributed by atoms with van der Waals surface area (Å²) in [5.41, 5.74) is 0.910. The molecule has 3 aliphatic heterocycles. The average Bonchev–Trinajstić information content (AvgIpc) is 3.56. The highest BCUT2D eigenvalue weighted by atomic mass is 16.4. The molecule has 0 amide bonds. The predicted molar refractivity (Wildman–Crippen MR) is 142 cm³/mol. The van der Waals surface area contributed by atoms with Gasteiger partial charge in [0.15, 0.2) is 0 Å². The number of carbonyl (C=O) groups is 6. The number of carboxylic acids is 2. The van der Waals surface area contributed by atoms with Gasteiger partial charge in [-0.1, -0.05) is 41.5 Å². The highest BCUT2D eigenvalue weighted by molar-refractivity contribution is 6.22. The molecule has 0 bridgehead atoms. The van der Waals surface area contributed by atoms with E-state index in [1.54, 1.807) is 41.5 Å². The van der Waals surface area contributed by atoms with E-state index in [2.05, 4.69) is 0 Å². The summed E-state index contributed by atoms with van der Waals surface area (Å²) in [7, 11) is 0. The minimum absolute atomic E-state index is 0.00546. The van der Waals surface area contributed by atoms with Crippen molar-refractivity contribution in [3.05, 3.63) is 23.2 Å². The van der Waals surface area contributed by atoms with E-state index < -0.39 is 34.6 Å². The second-order valence-electron chi connectivity index (χ2n) is 12.4. The monoisotopic (exact) mass is 547 g/mol. The molecule has 0 aromatic heterocycles. The topological polar surface area (TPSA) is 152 Å². The lowest BCUT2D eigenvalue weighted by Gasteiger charge is -2.24. The quantitative estimate of drug-likeness (QED) is 0.273. The number of allylic oxidation sites excluding steroid dienone is 1. The van der Waals surface area contributed by atoms with Crippen LogP contribution in [0.15, 0.2) is 23.2 Å². The number of rotatable bonds is 7. The highest BCUT2D eigenvalue weighted by Gasteiger charge is 2.43. The Bertz CT molecular complexity index is 1040. The van der Waals surface area contributed by atoms with Crippen LogP contribution in [0.4, 0.5) is 0 Å². The molecule has 39 heavy (non-hydrogen) atoms. The molecule has 3 heterocycles. The van der Waals surface area contributed by atoms with Crippen LogP contribution in [-0.4, -0.2) is 99.3 Å². The third-order valence-electron chi connectivity index (χ3n) is 6.53. The van der Waals surface area contributed by atoms with Crippen molar-refractivity contribution in [1.29, 1.82) is 0 Å². The maximum Gasteiger partial charge on any atom is 0.314 e. The van der Waals surface area contributed by atoms with Crippen LogP contribution in [0, 0.1) is 22.7 Å². The molecule has 0 aromatic rings. The number of carboxylic acid groups (broad SMARTS) is 2. The molecule has 11 nitrogen and oxygen atoms in total. The number of nitrogens with zero attached hydrogens (tertiary/aromatic N) is 3. The van der Waals surface area contributed by atoms with Gasteiger partial charge in [0.2, 0.25) is 11.6 Å². The van der Waals surface area contributed by atoms with Gasteiger partial charge in [0, 0.05) is 45.3 Å². The number of hydrogen-bond acceptors (Lipinski definition) is 9. The Kier molecular flexibility index (Phi) is 9.52. The number of ketones is 4. The smallest absolute Gasteiger partial charge is 0.314 e. The molecule has 2 atom stereocenters. The van der Waals surface area contributed by atoms with E-state index in [0.29, 0.717) is 17.1 Å². The zero-order valence-corrected chi connectivity index (χ0v) is 24.2. The lowest BCUT2D eigenvalue weighted by Crippen LogP contribution is -2.33. The second kappa shape index (κ2) is 11.7. The van der Waals surface area contributed by atoms with E-state index >= 15 is 0 Å². The Hall–Kier alpha value is -3.50. The first-order chi connectivity index (χ1) is 17.8. The fourth-order valence-corrected chi connectivity index (χ4v) is 4.58. The largest absolute Gasteiger partial charge is 0.481 e. The molecule has 3 saturated heterocycles. The fourth-order valence-electron chi connectivity index (χ4n) is 4.58. The van der Waals surface area contributed by atoms with Gasteiger partial charge in [-0.15, -0.1) is 0 Å². The van der Waals surface area contributed by atoms with Gasteiger partial charge in [-0.3, -0.25) is 28.8 Å². The predicted octanol–water partition coefficient (Wildman–Crippen LogP) is 1.83. The summed E-state index contributed by atoms with van der Waals surface area (Å²) in [6.45, 7) is 18.5. The van der Waals surface area contributed by atoms with Crippen LogP contribution in [0.1, 0.15) is 55.4 Å². The van der Waals surface area contributed by atoms with Crippen molar-refractivity contribution in [1.82, 2.24) is 14.7 Å². The molecule has 0 spiro atoms. The van der Waals surface area contributed by atoms with Crippen molar-refractivity contribution in [3.63, 3.8) is 0 Å². The van der Waals surface area contributed by atoms with E-state index in [4.69, 9.17) is 10.2 Å². The van der Waals surface area contributed by atoms with Crippen LogP contribution in [-0.2, 0) is 28.8 Å². The maximum absolute atomic E-state index is 12.4. The molecular weight excluding hydrogens is 506 g/mol. The molecule has 2 N–H and O–H groups in total. The maximum atomic E-state index is 12.4. The van der Waals surface area contributed by atoms with Gasteiger partial charge in [0.1, 0.15) is 34.8 Å². The molecule has 0 aromatic carbocycles. The molecule has 216 valence electrons. The van der Waals surface area contributed by atoms with E-state index in [0.717, 1.165) is 39.3 Å². The summed E-state index contributed by atoms with van der Waals surface area (Å²) in [6, 6.07) is 0. The van der Waals surface area contributed by atoms with Crippen LogP contribution in [0.2, 0.25) is 0 Å². The highest BCUT2D eigenvalue weighted by Crippen LogP contribution is 2.34. The van der Waals surface area contributed by atoms with Crippen LogP contribution in [0.5, 0.6) is 0 Å². The van der Waals surface area contributed by atoms with Crippen molar-refractivity contribution in [2.75, 3.05) is 39.3 Å². The number of Topliss-reactive ketones (excluding diaryl/α,β-unsaturated/α-hetero) is 3. The van der Waals surface area contributed by atoms with Crippen molar-refractivity contribution in [2.45, 2.75) is 55.4 Å². The van der Waals surface area contributed by atoms with Crippen molar-refractivity contribution < 1.29 is 39.0 Å². The first-order valence-electron chi connectivity index (χ1n) is 13.0. The lowest BCUT2D eigenvalue weighted by atomic mass is 9.78. The first kappa shape index (κ1) is 31.7. The Labute approximate surface area is 229 Å². The fraction of sp³-hybridized carbons (Fsp3) is 0.643. The third-order valence-corrected chi connectivity index (χ3v) is 6.53. The Morgan fingerprint density at radius 1 is 0.667 bits per heavy atom. The molecular formula is C28H41N3O8. The molecule has 3 fully saturated rings. The van der Waals surface area contributed by atoms with Gasteiger partial charge in [-0.2, -0.15) is 0 Å². The first-order valence-corrected chi connectivity index (χ1v) is 13.0. The summed E-state index contributed by atoms with van der Waals surface area (Å²) in [4.78, 5) is 73.3. The van der Waals surface area contributed by atoms with Gasteiger partial charge in [-0.25, -0.2) is 0 Å². The summed E-state index contributed by atoms with van der Waals surface area (Å²) < 4.78 is 0. The van der Waals surface area contributed by atoms with Crippen LogP contribution in [0.3, 0.4) is 0 Å². The van der Waals surface area contributed by atoms with Gasteiger partial charge in [0.05, 0.1) is 5.70 Å². The van der Waals surface area contributed by atoms with Crippen LogP contribution < -0.4 is 0 Å². The van der Waals surface area contributed by atoms with E-state index in [1.165, 1.54) is 19.9 Å². The van der Waals surface area contributed by atoms with Crippen molar-refractivity contribution >= 4 is 35.1 Å². The van der Waals surface area contributed by atoms with E-state index in [-0.39, 0.29) is 23.1 Å². The summed E-state index contributed by atoms with van der Waals surface area (Å²) in [5.74, 6) is -4.37. The van der Waals surface area contributed by atoms with E-state index in [9.17, 15) is 28.8 Å². The van der Waals surface area contributed by atoms with Crippen LogP contribution in [0.25, 0.3) is 0 Å². The second-order valence-corrected chi connectivity index (χ2v) is 12.4. The molecule has 2 unspecified atom stereocenters. The summed E-state index contributed by atoms with van der Waals surface area (Å²) >= 11 is 0. The Morgan fingerprint density at radius 3 is 1.23 bits per heavy atom. The van der Waals surface area contributed by atoms with Gasteiger partial charge in [0.25, 0.3) is 0 Å². The van der Waals surface area contributed by atoms with Gasteiger partial charge >= 0.3 is 11.9 Å². The van der Waals surface area contributed by atoms with Crippen LogP contribution >= 0.6 is 0 Å². The zero-order valence-electron chi connectivity index (χ0n) is 24.2.